The molecular formula is C14H19NO2S. The molecule has 0 aliphatic carbocycles. The molecule has 3 nitrogen and oxygen atoms in total. The van der Waals surface area contributed by atoms with Crippen LogP contribution in [0.4, 0.5) is 0 Å². The maximum atomic E-state index is 12.3. The van der Waals surface area contributed by atoms with Crippen LogP contribution in [-0.2, 0) is 10.0 Å². The van der Waals surface area contributed by atoms with Crippen LogP contribution < -0.4 is 0 Å². The molecule has 1 heterocycles. The molecule has 18 heavy (non-hydrogen) atoms. The van der Waals surface area contributed by atoms with Gasteiger partial charge in [-0.15, -0.1) is 6.58 Å². The molecule has 0 radical (unpaired) electrons. The van der Waals surface area contributed by atoms with E-state index >= 15 is 0 Å². The van der Waals surface area contributed by atoms with E-state index in [1.165, 1.54) is 0 Å². The second-order valence-corrected chi connectivity index (χ2v) is 6.65. The van der Waals surface area contributed by atoms with Crippen molar-refractivity contribution in [3.05, 3.63) is 42.5 Å². The molecule has 0 bridgehead atoms. The van der Waals surface area contributed by atoms with Crippen LogP contribution in [0, 0.1) is 6.92 Å². The SMILES string of the molecule is C=CCCCC1CN1S(=O)(=O)c1ccc(C)cc1. The van der Waals surface area contributed by atoms with Crippen LogP contribution in [0.5, 0.6) is 0 Å². The third-order valence-corrected chi connectivity index (χ3v) is 5.17. The van der Waals surface area contributed by atoms with Crippen LogP contribution in [-0.4, -0.2) is 25.3 Å². The average molecular weight is 265 g/mol. The summed E-state index contributed by atoms with van der Waals surface area (Å²) in [4.78, 5) is 0.402. The first-order valence-corrected chi connectivity index (χ1v) is 7.69. The second-order valence-electron chi connectivity index (χ2n) is 4.76. The van der Waals surface area contributed by atoms with Gasteiger partial charge in [0.2, 0.25) is 10.0 Å². The quantitative estimate of drug-likeness (QED) is 0.450. The Hall–Kier alpha value is -1.13. The molecule has 2 unspecified atom stereocenters. The maximum Gasteiger partial charge on any atom is 0.243 e. The van der Waals surface area contributed by atoms with Gasteiger partial charge in [-0.05, 0) is 38.3 Å². The highest BCUT2D eigenvalue weighted by atomic mass is 32.2. The summed E-state index contributed by atoms with van der Waals surface area (Å²) in [6.45, 7) is 6.28. The standard InChI is InChI=1S/C14H19NO2S/c1-3-4-5-6-13-11-15(13)18(16,17)14-9-7-12(2)8-10-14/h3,7-10,13H,1,4-6,11H2,2H3. The molecule has 1 saturated heterocycles. The van der Waals surface area contributed by atoms with Crippen LogP contribution >= 0.6 is 0 Å². The van der Waals surface area contributed by atoms with Crippen molar-refractivity contribution >= 4 is 10.0 Å². The summed E-state index contributed by atoms with van der Waals surface area (Å²) in [6, 6.07) is 7.23. The number of rotatable bonds is 6. The number of allylic oxidation sites excluding steroid dienone is 1. The molecular weight excluding hydrogens is 246 g/mol. The van der Waals surface area contributed by atoms with Crippen molar-refractivity contribution in [2.45, 2.75) is 37.1 Å². The second kappa shape index (κ2) is 5.24. The van der Waals surface area contributed by atoms with E-state index in [0.29, 0.717) is 11.4 Å². The van der Waals surface area contributed by atoms with E-state index < -0.39 is 10.0 Å². The van der Waals surface area contributed by atoms with Crippen molar-refractivity contribution in [3.8, 4) is 0 Å². The number of nitrogens with zero attached hydrogens (tertiary/aromatic N) is 1. The third-order valence-electron chi connectivity index (χ3n) is 3.24. The van der Waals surface area contributed by atoms with Crippen LogP contribution in [0.15, 0.2) is 41.8 Å². The zero-order valence-electron chi connectivity index (χ0n) is 10.7. The summed E-state index contributed by atoms with van der Waals surface area (Å²) in [7, 11) is -3.26. The Labute approximate surface area is 109 Å². The van der Waals surface area contributed by atoms with Gasteiger partial charge in [-0.3, -0.25) is 0 Å². The summed E-state index contributed by atoms with van der Waals surface area (Å²) in [6.07, 6.45) is 4.77. The smallest absolute Gasteiger partial charge is 0.207 e. The average Bonchev–Trinajstić information content (AvgIpc) is 3.10. The lowest BCUT2D eigenvalue weighted by Gasteiger charge is -2.06. The van der Waals surface area contributed by atoms with Gasteiger partial charge in [-0.2, -0.15) is 4.31 Å². The molecule has 1 aromatic rings. The van der Waals surface area contributed by atoms with Gasteiger partial charge < -0.3 is 0 Å². The van der Waals surface area contributed by atoms with E-state index in [4.69, 9.17) is 0 Å². The monoisotopic (exact) mass is 265 g/mol. The van der Waals surface area contributed by atoms with E-state index in [1.807, 2.05) is 25.1 Å². The highest BCUT2D eigenvalue weighted by molar-refractivity contribution is 7.89. The third kappa shape index (κ3) is 2.82. The largest absolute Gasteiger partial charge is 0.243 e. The molecule has 1 aromatic carbocycles. The zero-order valence-corrected chi connectivity index (χ0v) is 11.5. The lowest BCUT2D eigenvalue weighted by molar-refractivity contribution is 0.544. The van der Waals surface area contributed by atoms with Crippen LogP contribution in [0.2, 0.25) is 0 Å². The number of sulfonamides is 1. The number of benzene rings is 1. The minimum Gasteiger partial charge on any atom is -0.207 e. The molecule has 0 N–H and O–H groups in total. The van der Waals surface area contributed by atoms with E-state index in [-0.39, 0.29) is 6.04 Å². The number of aryl methyl sites for hydroxylation is 1. The predicted octanol–water partition coefficient (Wildman–Crippen LogP) is 2.72. The van der Waals surface area contributed by atoms with Gasteiger partial charge in [0.25, 0.3) is 0 Å². The lowest BCUT2D eigenvalue weighted by Crippen LogP contribution is -2.14. The van der Waals surface area contributed by atoms with Gasteiger partial charge in [0.05, 0.1) is 4.90 Å². The van der Waals surface area contributed by atoms with Gasteiger partial charge in [0, 0.05) is 12.6 Å². The van der Waals surface area contributed by atoms with Gasteiger partial charge in [0.15, 0.2) is 0 Å². The number of hydrogen-bond acceptors (Lipinski definition) is 2. The summed E-state index contributed by atoms with van der Waals surface area (Å²) in [5.74, 6) is 0. The van der Waals surface area contributed by atoms with Crippen LogP contribution in [0.1, 0.15) is 24.8 Å². The minimum absolute atomic E-state index is 0.191. The predicted molar refractivity (Wildman–Crippen MR) is 72.9 cm³/mol. The fraction of sp³-hybridized carbons (Fsp3) is 0.429. The normalized spacial score (nSPS) is 22.7. The Morgan fingerprint density at radius 3 is 2.67 bits per heavy atom. The van der Waals surface area contributed by atoms with Crippen molar-refractivity contribution in [2.24, 2.45) is 0 Å². The highest BCUT2D eigenvalue weighted by Crippen LogP contribution is 2.31. The number of hydrogen-bond donors (Lipinski definition) is 0. The van der Waals surface area contributed by atoms with Crippen LogP contribution in [0.3, 0.4) is 0 Å². The first-order chi connectivity index (χ1) is 8.55. The van der Waals surface area contributed by atoms with E-state index in [1.54, 1.807) is 16.4 Å². The number of unbranched alkanes of at least 4 members (excludes halogenated alkanes) is 1. The minimum atomic E-state index is -3.26. The molecule has 0 aromatic heterocycles. The Balaban J connectivity index is 2.01. The summed E-state index contributed by atoms with van der Waals surface area (Å²) < 4.78 is 26.1. The lowest BCUT2D eigenvalue weighted by atomic mass is 10.2. The molecule has 1 aliphatic heterocycles. The Morgan fingerprint density at radius 1 is 1.39 bits per heavy atom. The van der Waals surface area contributed by atoms with Gasteiger partial charge in [-0.1, -0.05) is 23.8 Å². The van der Waals surface area contributed by atoms with Crippen molar-refractivity contribution in [3.63, 3.8) is 0 Å². The highest BCUT2D eigenvalue weighted by Gasteiger charge is 2.43. The van der Waals surface area contributed by atoms with E-state index in [2.05, 4.69) is 6.58 Å². The fourth-order valence-corrected chi connectivity index (χ4v) is 3.65. The molecule has 0 saturated carbocycles. The molecule has 0 amide bonds. The Morgan fingerprint density at radius 2 is 2.06 bits per heavy atom. The van der Waals surface area contributed by atoms with Crippen molar-refractivity contribution < 1.29 is 8.42 Å². The molecule has 0 spiro atoms. The van der Waals surface area contributed by atoms with Crippen molar-refractivity contribution in [1.29, 1.82) is 0 Å². The van der Waals surface area contributed by atoms with E-state index in [0.717, 1.165) is 24.8 Å². The molecule has 98 valence electrons. The van der Waals surface area contributed by atoms with Crippen LogP contribution in [0.25, 0.3) is 0 Å². The topological polar surface area (TPSA) is 37.1 Å². The van der Waals surface area contributed by atoms with Gasteiger partial charge in [-0.25, -0.2) is 8.42 Å². The van der Waals surface area contributed by atoms with Gasteiger partial charge in [0.1, 0.15) is 0 Å². The molecule has 2 rings (SSSR count). The zero-order chi connectivity index (χ0) is 13.2. The molecule has 2 atom stereocenters. The fourth-order valence-electron chi connectivity index (χ4n) is 2.03. The molecule has 4 heteroatoms. The summed E-state index contributed by atoms with van der Waals surface area (Å²) >= 11 is 0. The molecule has 1 aliphatic rings. The Bertz CT molecular complexity index is 519. The van der Waals surface area contributed by atoms with E-state index in [9.17, 15) is 8.42 Å². The first-order valence-electron chi connectivity index (χ1n) is 6.25. The maximum absolute atomic E-state index is 12.3. The summed E-state index contributed by atoms with van der Waals surface area (Å²) in [5.41, 5.74) is 1.07. The van der Waals surface area contributed by atoms with Crippen molar-refractivity contribution in [1.82, 2.24) is 4.31 Å². The van der Waals surface area contributed by atoms with Gasteiger partial charge >= 0.3 is 0 Å². The summed E-state index contributed by atoms with van der Waals surface area (Å²) in [5, 5.41) is 0. The molecule has 1 fully saturated rings. The first kappa shape index (κ1) is 13.3. The Kier molecular flexibility index (Phi) is 3.88. The van der Waals surface area contributed by atoms with Crippen molar-refractivity contribution in [2.75, 3.05) is 6.54 Å².